The summed E-state index contributed by atoms with van der Waals surface area (Å²) in [5.74, 6) is 0.573. The van der Waals surface area contributed by atoms with Crippen LogP contribution in [0.15, 0.2) is 48.5 Å². The van der Waals surface area contributed by atoms with Crippen LogP contribution >= 0.6 is 0 Å². The fourth-order valence-electron chi connectivity index (χ4n) is 2.23. The molecule has 0 aliphatic rings. The van der Waals surface area contributed by atoms with E-state index in [0.29, 0.717) is 6.42 Å². The topological polar surface area (TPSA) is 35.5 Å². The first-order chi connectivity index (χ1) is 10.9. The zero-order valence-corrected chi connectivity index (χ0v) is 14.3. The Morgan fingerprint density at radius 2 is 1.48 bits per heavy atom. The van der Waals surface area contributed by atoms with Gasteiger partial charge in [0, 0.05) is 0 Å². The highest BCUT2D eigenvalue weighted by Gasteiger charge is 2.13. The van der Waals surface area contributed by atoms with Gasteiger partial charge in [-0.05, 0) is 34.2 Å². The predicted molar refractivity (Wildman–Crippen MR) is 91.6 cm³/mol. The van der Waals surface area contributed by atoms with Crippen molar-refractivity contribution in [1.29, 1.82) is 0 Å². The highest BCUT2D eigenvalue weighted by molar-refractivity contribution is 5.72. The fourth-order valence-corrected chi connectivity index (χ4v) is 2.23. The van der Waals surface area contributed by atoms with Crippen molar-refractivity contribution in [2.24, 2.45) is 0 Å². The molecule has 2 aromatic rings. The summed E-state index contributed by atoms with van der Waals surface area (Å²) in [6.45, 7) is 6.80. The maximum atomic E-state index is 11.9. The Labute approximate surface area is 138 Å². The third-order valence-corrected chi connectivity index (χ3v) is 3.73. The van der Waals surface area contributed by atoms with Gasteiger partial charge >= 0.3 is 5.97 Å². The SMILES string of the molecule is COc1ccc(COC(=O)Cc2ccc(C(C)(C)C)cc2)cc1. The van der Waals surface area contributed by atoms with Crippen molar-refractivity contribution in [3.8, 4) is 5.75 Å². The molecule has 122 valence electrons. The zero-order chi connectivity index (χ0) is 16.9. The van der Waals surface area contributed by atoms with Crippen LogP contribution in [-0.4, -0.2) is 13.1 Å². The van der Waals surface area contributed by atoms with Crippen molar-refractivity contribution in [2.45, 2.75) is 39.2 Å². The molecular weight excluding hydrogens is 288 g/mol. The van der Waals surface area contributed by atoms with Crippen molar-refractivity contribution < 1.29 is 14.3 Å². The molecule has 0 N–H and O–H groups in total. The molecule has 0 fully saturated rings. The number of ether oxygens (including phenoxy) is 2. The van der Waals surface area contributed by atoms with Crippen molar-refractivity contribution in [1.82, 2.24) is 0 Å². The quantitative estimate of drug-likeness (QED) is 0.773. The van der Waals surface area contributed by atoms with Gasteiger partial charge in [0.1, 0.15) is 12.4 Å². The number of methoxy groups -OCH3 is 1. The number of carbonyl (C=O) groups excluding carboxylic acids is 1. The number of carbonyl (C=O) groups is 1. The van der Waals surface area contributed by atoms with Gasteiger partial charge in [0.2, 0.25) is 0 Å². The third kappa shape index (κ3) is 5.13. The van der Waals surface area contributed by atoms with E-state index in [-0.39, 0.29) is 18.0 Å². The van der Waals surface area contributed by atoms with Crippen LogP contribution in [0.3, 0.4) is 0 Å². The molecular formula is C20H24O3. The van der Waals surface area contributed by atoms with Crippen LogP contribution in [0.4, 0.5) is 0 Å². The molecule has 0 bridgehead atoms. The Morgan fingerprint density at radius 3 is 2.00 bits per heavy atom. The highest BCUT2D eigenvalue weighted by Crippen LogP contribution is 2.22. The third-order valence-electron chi connectivity index (χ3n) is 3.73. The van der Waals surface area contributed by atoms with E-state index in [1.54, 1.807) is 7.11 Å². The molecule has 0 amide bonds. The Kier molecular flexibility index (Phi) is 5.43. The maximum Gasteiger partial charge on any atom is 0.310 e. The molecule has 0 aromatic heterocycles. The Balaban J connectivity index is 1.86. The summed E-state index contributed by atoms with van der Waals surface area (Å²) in [4.78, 5) is 11.9. The highest BCUT2D eigenvalue weighted by atomic mass is 16.5. The minimum Gasteiger partial charge on any atom is -0.497 e. The molecule has 0 heterocycles. The van der Waals surface area contributed by atoms with Gasteiger partial charge in [-0.25, -0.2) is 0 Å². The first kappa shape index (κ1) is 17.1. The second-order valence-electron chi connectivity index (χ2n) is 6.63. The van der Waals surface area contributed by atoms with E-state index < -0.39 is 0 Å². The molecule has 2 aromatic carbocycles. The number of hydrogen-bond acceptors (Lipinski definition) is 3. The average molecular weight is 312 g/mol. The number of benzene rings is 2. The molecule has 0 saturated carbocycles. The van der Waals surface area contributed by atoms with E-state index in [0.717, 1.165) is 16.9 Å². The Bertz CT molecular complexity index is 634. The molecule has 3 nitrogen and oxygen atoms in total. The van der Waals surface area contributed by atoms with E-state index in [9.17, 15) is 4.79 Å². The largest absolute Gasteiger partial charge is 0.497 e. The zero-order valence-electron chi connectivity index (χ0n) is 14.3. The predicted octanol–water partition coefficient (Wildman–Crippen LogP) is 4.28. The van der Waals surface area contributed by atoms with Crippen LogP contribution in [-0.2, 0) is 28.0 Å². The first-order valence-corrected chi connectivity index (χ1v) is 7.76. The van der Waals surface area contributed by atoms with Gasteiger partial charge in [-0.2, -0.15) is 0 Å². The summed E-state index contributed by atoms with van der Waals surface area (Å²) in [6, 6.07) is 15.6. The second kappa shape index (κ2) is 7.32. The Hall–Kier alpha value is -2.29. The van der Waals surface area contributed by atoms with Gasteiger partial charge in [0.25, 0.3) is 0 Å². The van der Waals surface area contributed by atoms with Crippen LogP contribution in [0.25, 0.3) is 0 Å². The number of esters is 1. The van der Waals surface area contributed by atoms with Gasteiger partial charge < -0.3 is 9.47 Å². The molecule has 2 rings (SSSR count). The van der Waals surface area contributed by atoms with Crippen LogP contribution in [0.5, 0.6) is 5.75 Å². The van der Waals surface area contributed by atoms with Gasteiger partial charge in [-0.15, -0.1) is 0 Å². The van der Waals surface area contributed by atoms with E-state index in [4.69, 9.17) is 9.47 Å². The van der Waals surface area contributed by atoms with Gasteiger partial charge in [0.05, 0.1) is 13.5 Å². The molecule has 0 aliphatic heterocycles. The molecule has 0 atom stereocenters. The van der Waals surface area contributed by atoms with E-state index >= 15 is 0 Å². The molecule has 0 aliphatic carbocycles. The first-order valence-electron chi connectivity index (χ1n) is 7.76. The maximum absolute atomic E-state index is 11.9. The molecule has 0 spiro atoms. The lowest BCUT2D eigenvalue weighted by Gasteiger charge is -2.19. The summed E-state index contributed by atoms with van der Waals surface area (Å²) >= 11 is 0. The van der Waals surface area contributed by atoms with Gasteiger partial charge in [-0.3, -0.25) is 4.79 Å². The van der Waals surface area contributed by atoms with Crippen LogP contribution in [0.2, 0.25) is 0 Å². The van der Waals surface area contributed by atoms with Crippen LogP contribution in [0, 0.1) is 0 Å². The van der Waals surface area contributed by atoms with E-state index in [1.807, 2.05) is 36.4 Å². The average Bonchev–Trinajstić information content (AvgIpc) is 2.53. The monoisotopic (exact) mass is 312 g/mol. The van der Waals surface area contributed by atoms with Crippen molar-refractivity contribution in [3.05, 3.63) is 65.2 Å². The van der Waals surface area contributed by atoms with Gasteiger partial charge in [-0.1, -0.05) is 57.2 Å². The van der Waals surface area contributed by atoms with Crippen molar-refractivity contribution in [2.75, 3.05) is 7.11 Å². The normalized spacial score (nSPS) is 11.1. The smallest absolute Gasteiger partial charge is 0.310 e. The molecule has 3 heteroatoms. The number of rotatable bonds is 5. The second-order valence-corrected chi connectivity index (χ2v) is 6.63. The van der Waals surface area contributed by atoms with E-state index in [2.05, 4.69) is 32.9 Å². The van der Waals surface area contributed by atoms with Crippen LogP contribution in [0.1, 0.15) is 37.5 Å². The van der Waals surface area contributed by atoms with Gasteiger partial charge in [0.15, 0.2) is 0 Å². The minimum absolute atomic E-state index is 0.118. The molecule has 0 unspecified atom stereocenters. The summed E-state index contributed by atoms with van der Waals surface area (Å²) < 4.78 is 10.4. The van der Waals surface area contributed by atoms with Crippen molar-refractivity contribution >= 4 is 5.97 Å². The lowest BCUT2D eigenvalue weighted by Crippen LogP contribution is -2.12. The summed E-state index contributed by atoms with van der Waals surface area (Å²) in [5.41, 5.74) is 3.29. The Morgan fingerprint density at radius 1 is 0.913 bits per heavy atom. The molecule has 23 heavy (non-hydrogen) atoms. The summed E-state index contributed by atoms with van der Waals surface area (Å²) in [6.07, 6.45) is 0.292. The standard InChI is InChI=1S/C20H24O3/c1-20(2,3)17-9-5-15(6-10-17)13-19(21)23-14-16-7-11-18(22-4)12-8-16/h5-12H,13-14H2,1-4H3. The summed E-state index contributed by atoms with van der Waals surface area (Å²) in [7, 11) is 1.62. The fraction of sp³-hybridized carbons (Fsp3) is 0.350. The van der Waals surface area contributed by atoms with Crippen LogP contribution < -0.4 is 4.74 Å². The lowest BCUT2D eigenvalue weighted by atomic mass is 9.86. The number of hydrogen-bond donors (Lipinski definition) is 0. The summed E-state index contributed by atoms with van der Waals surface area (Å²) in [5, 5.41) is 0. The molecule has 0 saturated heterocycles. The van der Waals surface area contributed by atoms with E-state index in [1.165, 1.54) is 5.56 Å². The van der Waals surface area contributed by atoms with Crippen molar-refractivity contribution in [3.63, 3.8) is 0 Å². The molecule has 0 radical (unpaired) electrons. The minimum atomic E-state index is -0.218. The lowest BCUT2D eigenvalue weighted by molar-refractivity contribution is -0.144.